The number of nitrogens with zero attached hydrogens (tertiary/aromatic N) is 5. The van der Waals surface area contributed by atoms with Gasteiger partial charge < -0.3 is 25.7 Å². The molecule has 164 valence electrons. The molecule has 1 saturated carbocycles. The molecule has 3 aromatic heterocycles. The number of hydrogen-bond acceptors (Lipinski definition) is 8. The van der Waals surface area contributed by atoms with Crippen LogP contribution in [0.5, 0.6) is 11.8 Å². The van der Waals surface area contributed by atoms with Crippen LogP contribution in [0, 0.1) is 25.6 Å². The van der Waals surface area contributed by atoms with Crippen LogP contribution >= 0.6 is 0 Å². The monoisotopic (exact) mass is 434 g/mol. The van der Waals surface area contributed by atoms with Crippen LogP contribution in [0.2, 0.25) is 0 Å². The van der Waals surface area contributed by atoms with Gasteiger partial charge in [-0.25, -0.2) is 14.4 Å². The molecule has 3 atom stereocenters. The molecule has 0 spiro atoms. The molecule has 2 aliphatic rings. The van der Waals surface area contributed by atoms with E-state index in [2.05, 4.69) is 30.2 Å². The van der Waals surface area contributed by atoms with Gasteiger partial charge in [-0.05, 0) is 31.9 Å². The van der Waals surface area contributed by atoms with Crippen molar-refractivity contribution in [3.05, 3.63) is 35.7 Å². The van der Waals surface area contributed by atoms with Gasteiger partial charge in [0.2, 0.25) is 0 Å². The second-order valence-corrected chi connectivity index (χ2v) is 8.56. The molecule has 1 aliphatic carbocycles. The third-order valence-electron chi connectivity index (χ3n) is 6.76. The highest BCUT2D eigenvalue weighted by molar-refractivity contribution is 6.16. The minimum Gasteiger partial charge on any atom is -0.421 e. The number of aryl methyl sites for hydroxylation is 2. The molecule has 4 aromatic rings. The normalized spacial score (nSPS) is 21.9. The van der Waals surface area contributed by atoms with Crippen LogP contribution in [-0.2, 0) is 0 Å². The molecule has 1 aromatic carbocycles. The first-order valence-electron chi connectivity index (χ1n) is 10.6. The Labute approximate surface area is 183 Å². The van der Waals surface area contributed by atoms with Gasteiger partial charge in [-0.3, -0.25) is 0 Å². The number of ether oxygens (including phenoxy) is 1. The van der Waals surface area contributed by atoms with Crippen LogP contribution in [0.15, 0.2) is 18.5 Å². The van der Waals surface area contributed by atoms with Crippen molar-refractivity contribution in [3.8, 4) is 11.8 Å². The fraction of sp³-hybridized carbons (Fsp3) is 0.364. The number of hydrogen-bond donors (Lipinski definition) is 3. The van der Waals surface area contributed by atoms with Crippen LogP contribution in [0.1, 0.15) is 17.8 Å². The number of rotatable bonds is 4. The molecular weight excluding hydrogens is 411 g/mol. The molecule has 0 radical (unpaired) electrons. The van der Waals surface area contributed by atoms with E-state index in [4.69, 9.17) is 15.5 Å². The first-order valence-corrected chi connectivity index (χ1v) is 10.6. The van der Waals surface area contributed by atoms with Gasteiger partial charge in [-0.1, -0.05) is 0 Å². The number of piperidine rings is 1. The van der Waals surface area contributed by atoms with Gasteiger partial charge in [-0.15, -0.1) is 0 Å². The molecule has 2 fully saturated rings. The average molecular weight is 434 g/mol. The Balaban J connectivity index is 1.56. The average Bonchev–Trinajstić information content (AvgIpc) is 3.15. The maximum Gasteiger partial charge on any atom is 0.326 e. The van der Waals surface area contributed by atoms with Crippen LogP contribution < -0.4 is 20.7 Å². The number of nitrogens with two attached hydrogens (primary N) is 1. The van der Waals surface area contributed by atoms with Gasteiger partial charge in [0.1, 0.15) is 23.1 Å². The second-order valence-electron chi connectivity index (χ2n) is 8.56. The molecule has 0 bridgehead atoms. The predicted molar refractivity (Wildman–Crippen MR) is 120 cm³/mol. The van der Waals surface area contributed by atoms with Crippen LogP contribution in [-0.4, -0.2) is 50.6 Å². The van der Waals surface area contributed by atoms with E-state index < -0.39 is 0 Å². The Morgan fingerprint density at radius 3 is 2.66 bits per heavy atom. The Hall–Kier alpha value is -3.53. The number of halogens is 1. The lowest BCUT2D eigenvalue weighted by atomic mass is 9.67. The highest BCUT2D eigenvalue weighted by Gasteiger charge is 2.52. The van der Waals surface area contributed by atoms with Crippen molar-refractivity contribution in [2.24, 2.45) is 11.7 Å². The van der Waals surface area contributed by atoms with Crippen molar-refractivity contribution in [3.63, 3.8) is 0 Å². The standard InChI is InChI=1S/C22H23FN8O/c1-9-13(23)4-15(25-3)19-17(9)18-20(28-19)29-22(32-11-6-26-10(2)27-7-11)30-21(18)31-8-12-14(24)5-16(12)31/h4,6-7,12,14,16,25H,5,8,24H2,1-3H3,(H,28,29,30)/t12-,14-,16?/m1/s1. The highest BCUT2D eigenvalue weighted by Crippen LogP contribution is 2.47. The molecule has 1 aliphatic heterocycles. The van der Waals surface area contributed by atoms with E-state index in [1.54, 1.807) is 33.3 Å². The van der Waals surface area contributed by atoms with Crippen molar-refractivity contribution in [2.45, 2.75) is 32.4 Å². The number of anilines is 2. The first kappa shape index (κ1) is 19.2. The summed E-state index contributed by atoms with van der Waals surface area (Å²) < 4.78 is 20.7. The van der Waals surface area contributed by atoms with Crippen molar-refractivity contribution >= 4 is 33.4 Å². The maximum atomic E-state index is 14.8. The number of benzene rings is 1. The predicted octanol–water partition coefficient (Wildman–Crippen LogP) is 3.03. The molecule has 1 unspecified atom stereocenters. The summed E-state index contributed by atoms with van der Waals surface area (Å²) in [4.78, 5) is 23.3. The molecule has 4 N–H and O–H groups in total. The zero-order valence-corrected chi connectivity index (χ0v) is 18.0. The summed E-state index contributed by atoms with van der Waals surface area (Å²) in [5.41, 5.74) is 8.74. The maximum absolute atomic E-state index is 14.8. The van der Waals surface area contributed by atoms with Crippen LogP contribution in [0.25, 0.3) is 21.9 Å². The van der Waals surface area contributed by atoms with Crippen molar-refractivity contribution in [2.75, 3.05) is 23.8 Å². The summed E-state index contributed by atoms with van der Waals surface area (Å²) in [5.74, 6) is 2.01. The summed E-state index contributed by atoms with van der Waals surface area (Å²) in [6.07, 6.45) is 4.09. The number of aromatic amines is 1. The lowest BCUT2D eigenvalue weighted by molar-refractivity contribution is 0.121. The zero-order valence-electron chi connectivity index (χ0n) is 18.0. The van der Waals surface area contributed by atoms with Gasteiger partial charge in [0, 0.05) is 37.0 Å². The molecule has 4 heterocycles. The van der Waals surface area contributed by atoms with Crippen molar-refractivity contribution in [1.82, 2.24) is 24.9 Å². The van der Waals surface area contributed by atoms with Crippen molar-refractivity contribution in [1.29, 1.82) is 0 Å². The Bertz CT molecular complexity index is 1370. The molecule has 10 heteroatoms. The van der Waals surface area contributed by atoms with E-state index in [9.17, 15) is 4.39 Å². The number of nitrogens with one attached hydrogen (secondary N) is 2. The Morgan fingerprint density at radius 1 is 1.22 bits per heavy atom. The SMILES string of the molecule is CNc1cc(F)c(C)c2c1[nH]c1nc(Oc3cnc(C)nc3)nc(N3C[C@H]4C3C[C@H]4N)c12. The molecule has 1 saturated heterocycles. The summed E-state index contributed by atoms with van der Waals surface area (Å²) >= 11 is 0. The Morgan fingerprint density at radius 2 is 2.00 bits per heavy atom. The van der Waals surface area contributed by atoms with E-state index in [1.165, 1.54) is 6.07 Å². The Kier molecular flexibility index (Phi) is 4.03. The van der Waals surface area contributed by atoms with E-state index >= 15 is 0 Å². The fourth-order valence-electron chi connectivity index (χ4n) is 4.85. The molecular formula is C22H23FN8O. The summed E-state index contributed by atoms with van der Waals surface area (Å²) in [7, 11) is 1.77. The van der Waals surface area contributed by atoms with Crippen LogP contribution in [0.4, 0.5) is 15.9 Å². The van der Waals surface area contributed by atoms with Gasteiger partial charge in [0.05, 0.1) is 29.0 Å². The quantitative estimate of drug-likeness (QED) is 0.449. The second kappa shape index (κ2) is 6.73. The minimum atomic E-state index is -0.280. The minimum absolute atomic E-state index is 0.183. The van der Waals surface area contributed by atoms with Gasteiger partial charge in [0.15, 0.2) is 5.75 Å². The van der Waals surface area contributed by atoms with E-state index in [-0.39, 0.29) is 17.9 Å². The van der Waals surface area contributed by atoms with Crippen LogP contribution in [0.3, 0.4) is 0 Å². The van der Waals surface area contributed by atoms with E-state index in [0.717, 1.165) is 35.1 Å². The number of fused-ring (bicyclic) bond motifs is 4. The summed E-state index contributed by atoms with van der Waals surface area (Å²) in [6.45, 7) is 4.39. The van der Waals surface area contributed by atoms with E-state index in [1.807, 2.05) is 0 Å². The van der Waals surface area contributed by atoms with E-state index in [0.29, 0.717) is 40.4 Å². The smallest absolute Gasteiger partial charge is 0.326 e. The first-order chi connectivity index (χ1) is 15.4. The summed E-state index contributed by atoms with van der Waals surface area (Å²) in [6, 6.07) is 2.24. The van der Waals surface area contributed by atoms with Crippen molar-refractivity contribution < 1.29 is 9.13 Å². The third-order valence-corrected chi connectivity index (χ3v) is 6.76. The number of H-pyrrole nitrogens is 1. The fourth-order valence-corrected chi connectivity index (χ4v) is 4.85. The molecule has 9 nitrogen and oxygen atoms in total. The number of aromatic nitrogens is 5. The third kappa shape index (κ3) is 2.65. The largest absolute Gasteiger partial charge is 0.421 e. The highest BCUT2D eigenvalue weighted by atomic mass is 19.1. The molecule has 32 heavy (non-hydrogen) atoms. The summed E-state index contributed by atoms with van der Waals surface area (Å²) in [5, 5.41) is 4.64. The lowest BCUT2D eigenvalue weighted by Crippen LogP contribution is -2.71. The molecule has 6 rings (SSSR count). The van der Waals surface area contributed by atoms with Gasteiger partial charge in [0.25, 0.3) is 0 Å². The van der Waals surface area contributed by atoms with Gasteiger partial charge >= 0.3 is 6.01 Å². The lowest BCUT2D eigenvalue weighted by Gasteiger charge is -2.59. The van der Waals surface area contributed by atoms with Gasteiger partial charge in [-0.2, -0.15) is 9.97 Å². The molecule has 0 amide bonds. The topological polar surface area (TPSA) is 118 Å². The zero-order chi connectivity index (χ0) is 22.1.